The Hall–Kier alpha value is 0.160. The molecule has 0 saturated carbocycles. The topological polar surface area (TPSA) is 40.6 Å². The lowest BCUT2D eigenvalue weighted by Gasteiger charge is -2.34. The highest BCUT2D eigenvalue weighted by molar-refractivity contribution is 7.89. The summed E-state index contributed by atoms with van der Waals surface area (Å²) in [5.74, 6) is 1.22. The molecule has 102 valence electrons. The first-order chi connectivity index (χ1) is 7.95. The van der Waals surface area contributed by atoms with E-state index in [1.807, 2.05) is 0 Å². The summed E-state index contributed by atoms with van der Waals surface area (Å²) < 4.78 is 25.5. The van der Waals surface area contributed by atoms with Gasteiger partial charge in [-0.15, -0.1) is 11.6 Å². The van der Waals surface area contributed by atoms with Gasteiger partial charge in [-0.3, -0.25) is 0 Å². The van der Waals surface area contributed by atoms with Crippen LogP contribution in [0, 0.1) is 5.92 Å². The Morgan fingerprint density at radius 1 is 1.18 bits per heavy atom. The Morgan fingerprint density at radius 3 is 2.24 bits per heavy atom. The van der Waals surface area contributed by atoms with Gasteiger partial charge in [-0.25, -0.2) is 8.42 Å². The van der Waals surface area contributed by atoms with E-state index in [1.165, 1.54) is 0 Å². The molecule has 1 aliphatic heterocycles. The van der Waals surface area contributed by atoms with E-state index >= 15 is 0 Å². The van der Waals surface area contributed by atoms with Crippen molar-refractivity contribution in [2.45, 2.75) is 20.3 Å². The zero-order chi connectivity index (χ0) is 12.9. The van der Waals surface area contributed by atoms with Gasteiger partial charge < -0.3 is 4.90 Å². The molecule has 0 radical (unpaired) electrons. The van der Waals surface area contributed by atoms with Crippen LogP contribution in [0.5, 0.6) is 0 Å². The molecule has 1 rings (SSSR count). The first kappa shape index (κ1) is 15.2. The van der Waals surface area contributed by atoms with E-state index in [9.17, 15) is 8.42 Å². The predicted octanol–water partition coefficient (Wildman–Crippen LogP) is 1.22. The fraction of sp³-hybridized carbons (Fsp3) is 1.00. The molecule has 1 saturated heterocycles. The molecule has 1 heterocycles. The van der Waals surface area contributed by atoms with Gasteiger partial charge in [-0.2, -0.15) is 4.31 Å². The molecule has 0 aromatic rings. The van der Waals surface area contributed by atoms with E-state index in [4.69, 9.17) is 11.6 Å². The highest BCUT2D eigenvalue weighted by Crippen LogP contribution is 2.10. The largest absolute Gasteiger partial charge is 0.300 e. The van der Waals surface area contributed by atoms with Gasteiger partial charge in [0.1, 0.15) is 0 Å². The monoisotopic (exact) mass is 282 g/mol. The molecule has 1 fully saturated rings. The number of sulfonamides is 1. The van der Waals surface area contributed by atoms with Crippen molar-refractivity contribution in [1.29, 1.82) is 0 Å². The normalized spacial score (nSPS) is 20.0. The molecule has 0 N–H and O–H groups in total. The third kappa shape index (κ3) is 5.12. The number of hydrogen-bond donors (Lipinski definition) is 0. The van der Waals surface area contributed by atoms with E-state index in [0.29, 0.717) is 31.3 Å². The standard InChI is InChI=1S/C11H23ClN2O2S/c1-11(2)10-13-5-7-14(8-6-13)17(15,16)9-3-4-12/h11H,3-10H2,1-2H3. The van der Waals surface area contributed by atoms with Crippen LogP contribution >= 0.6 is 11.6 Å². The van der Waals surface area contributed by atoms with E-state index in [2.05, 4.69) is 18.7 Å². The highest BCUT2D eigenvalue weighted by Gasteiger charge is 2.26. The van der Waals surface area contributed by atoms with Crippen LogP contribution in [-0.4, -0.2) is 62.0 Å². The number of piperazine rings is 1. The van der Waals surface area contributed by atoms with Gasteiger partial charge in [0.25, 0.3) is 0 Å². The van der Waals surface area contributed by atoms with Crippen molar-refractivity contribution in [1.82, 2.24) is 9.21 Å². The zero-order valence-electron chi connectivity index (χ0n) is 10.7. The first-order valence-electron chi connectivity index (χ1n) is 6.22. The number of nitrogens with zero attached hydrogens (tertiary/aromatic N) is 2. The molecule has 0 spiro atoms. The summed E-state index contributed by atoms with van der Waals surface area (Å²) in [6, 6.07) is 0. The SMILES string of the molecule is CC(C)CN1CCN(S(=O)(=O)CCCCl)CC1. The zero-order valence-corrected chi connectivity index (χ0v) is 12.3. The molecule has 0 amide bonds. The van der Waals surface area contributed by atoms with Crippen molar-refractivity contribution in [2.24, 2.45) is 5.92 Å². The third-order valence-electron chi connectivity index (χ3n) is 2.88. The lowest BCUT2D eigenvalue weighted by atomic mass is 10.2. The van der Waals surface area contributed by atoms with Gasteiger partial charge in [-0.1, -0.05) is 13.8 Å². The quantitative estimate of drug-likeness (QED) is 0.688. The highest BCUT2D eigenvalue weighted by atomic mass is 35.5. The van der Waals surface area contributed by atoms with Crippen LogP contribution in [0.3, 0.4) is 0 Å². The molecule has 17 heavy (non-hydrogen) atoms. The summed E-state index contributed by atoms with van der Waals surface area (Å²) in [5, 5.41) is 0. The molecular weight excluding hydrogens is 260 g/mol. The van der Waals surface area contributed by atoms with Crippen molar-refractivity contribution in [3.05, 3.63) is 0 Å². The number of hydrogen-bond acceptors (Lipinski definition) is 3. The predicted molar refractivity (Wildman–Crippen MR) is 72.0 cm³/mol. The summed E-state index contributed by atoms with van der Waals surface area (Å²) >= 11 is 5.54. The molecular formula is C11H23ClN2O2S. The molecule has 0 atom stereocenters. The Labute approximate surface area is 110 Å². The van der Waals surface area contributed by atoms with Crippen molar-refractivity contribution >= 4 is 21.6 Å². The van der Waals surface area contributed by atoms with Crippen molar-refractivity contribution < 1.29 is 8.42 Å². The Kier molecular flexibility index (Phi) is 6.20. The maximum Gasteiger partial charge on any atom is 0.214 e. The lowest BCUT2D eigenvalue weighted by molar-refractivity contribution is 0.172. The van der Waals surface area contributed by atoms with Crippen LogP contribution in [0.2, 0.25) is 0 Å². The lowest BCUT2D eigenvalue weighted by Crippen LogP contribution is -2.49. The second-order valence-electron chi connectivity index (χ2n) is 4.95. The average Bonchev–Trinajstić information content (AvgIpc) is 2.26. The fourth-order valence-corrected chi connectivity index (χ4v) is 3.85. The number of rotatable bonds is 6. The maximum atomic E-state index is 11.9. The fourth-order valence-electron chi connectivity index (χ4n) is 2.07. The van der Waals surface area contributed by atoms with Crippen molar-refractivity contribution in [2.75, 3.05) is 44.4 Å². The van der Waals surface area contributed by atoms with Gasteiger partial charge in [0.15, 0.2) is 0 Å². The minimum Gasteiger partial charge on any atom is -0.300 e. The van der Waals surface area contributed by atoms with Gasteiger partial charge in [-0.05, 0) is 12.3 Å². The van der Waals surface area contributed by atoms with E-state index in [0.717, 1.165) is 19.6 Å². The van der Waals surface area contributed by atoms with Gasteiger partial charge in [0.2, 0.25) is 10.0 Å². The summed E-state index contributed by atoms with van der Waals surface area (Å²) in [4.78, 5) is 2.33. The van der Waals surface area contributed by atoms with E-state index in [1.54, 1.807) is 4.31 Å². The van der Waals surface area contributed by atoms with Crippen molar-refractivity contribution in [3.8, 4) is 0 Å². The van der Waals surface area contributed by atoms with Gasteiger partial charge in [0, 0.05) is 38.6 Å². The van der Waals surface area contributed by atoms with Crippen LogP contribution in [-0.2, 0) is 10.0 Å². The van der Waals surface area contributed by atoms with Gasteiger partial charge >= 0.3 is 0 Å². The molecule has 6 heteroatoms. The molecule has 4 nitrogen and oxygen atoms in total. The molecule has 1 aliphatic rings. The van der Waals surface area contributed by atoms with Crippen LogP contribution in [0.4, 0.5) is 0 Å². The maximum absolute atomic E-state index is 11.9. The minimum absolute atomic E-state index is 0.181. The van der Waals surface area contributed by atoms with Gasteiger partial charge in [0.05, 0.1) is 5.75 Å². The van der Waals surface area contributed by atoms with Crippen LogP contribution in [0.1, 0.15) is 20.3 Å². The Balaban J connectivity index is 2.40. The van der Waals surface area contributed by atoms with Crippen LogP contribution in [0.15, 0.2) is 0 Å². The van der Waals surface area contributed by atoms with E-state index < -0.39 is 10.0 Å². The Bertz CT molecular complexity index is 311. The van der Waals surface area contributed by atoms with Crippen LogP contribution < -0.4 is 0 Å². The van der Waals surface area contributed by atoms with E-state index in [-0.39, 0.29) is 5.75 Å². The molecule has 0 unspecified atom stereocenters. The minimum atomic E-state index is -3.08. The third-order valence-corrected chi connectivity index (χ3v) is 5.11. The van der Waals surface area contributed by atoms with Crippen molar-refractivity contribution in [3.63, 3.8) is 0 Å². The molecule has 0 bridgehead atoms. The average molecular weight is 283 g/mol. The number of alkyl halides is 1. The molecule has 0 aromatic carbocycles. The Morgan fingerprint density at radius 2 is 1.76 bits per heavy atom. The summed E-state index contributed by atoms with van der Waals surface area (Å²) in [6.07, 6.45) is 0.538. The summed E-state index contributed by atoms with van der Waals surface area (Å²) in [6.45, 7) is 8.36. The second-order valence-corrected chi connectivity index (χ2v) is 7.42. The first-order valence-corrected chi connectivity index (χ1v) is 8.36. The smallest absolute Gasteiger partial charge is 0.214 e. The molecule has 0 aliphatic carbocycles. The second kappa shape index (κ2) is 6.92. The summed E-state index contributed by atoms with van der Waals surface area (Å²) in [7, 11) is -3.08. The number of halogens is 1. The molecule has 0 aromatic heterocycles. The summed E-state index contributed by atoms with van der Waals surface area (Å²) in [5.41, 5.74) is 0. The van der Waals surface area contributed by atoms with Crippen LogP contribution in [0.25, 0.3) is 0 Å².